The SMILES string of the molecule is CCCCCCCC(CCc1cccs1)NCC. The fourth-order valence-electron chi connectivity index (χ4n) is 2.40. The van der Waals surface area contributed by atoms with E-state index in [4.69, 9.17) is 0 Å². The average molecular weight is 267 g/mol. The van der Waals surface area contributed by atoms with E-state index in [-0.39, 0.29) is 0 Å². The molecule has 1 rings (SSSR count). The molecule has 0 aliphatic heterocycles. The van der Waals surface area contributed by atoms with Crippen LogP contribution in [0.1, 0.15) is 63.7 Å². The molecule has 0 saturated carbocycles. The molecule has 1 unspecified atom stereocenters. The third-order valence-corrected chi connectivity index (χ3v) is 4.40. The molecule has 0 spiro atoms. The van der Waals surface area contributed by atoms with Gasteiger partial charge in [0.15, 0.2) is 0 Å². The second kappa shape index (κ2) is 10.6. The molecule has 0 aliphatic rings. The molecule has 1 heterocycles. The second-order valence-corrected chi connectivity index (χ2v) is 6.11. The quantitative estimate of drug-likeness (QED) is 0.555. The van der Waals surface area contributed by atoms with Gasteiger partial charge in [0.25, 0.3) is 0 Å². The van der Waals surface area contributed by atoms with Crippen molar-refractivity contribution in [1.82, 2.24) is 5.32 Å². The fourth-order valence-corrected chi connectivity index (χ4v) is 3.13. The highest BCUT2D eigenvalue weighted by Crippen LogP contribution is 2.15. The van der Waals surface area contributed by atoms with Crippen LogP contribution in [0.2, 0.25) is 0 Å². The Balaban J connectivity index is 2.14. The van der Waals surface area contributed by atoms with Gasteiger partial charge in [-0.1, -0.05) is 52.0 Å². The molecule has 0 fully saturated rings. The van der Waals surface area contributed by atoms with E-state index in [0.29, 0.717) is 0 Å². The zero-order chi connectivity index (χ0) is 13.1. The van der Waals surface area contributed by atoms with Gasteiger partial charge in [0.1, 0.15) is 0 Å². The van der Waals surface area contributed by atoms with Crippen LogP contribution in [0.5, 0.6) is 0 Å². The molecule has 0 saturated heterocycles. The van der Waals surface area contributed by atoms with Crippen LogP contribution in [-0.4, -0.2) is 12.6 Å². The lowest BCUT2D eigenvalue weighted by atomic mass is 10.0. The maximum Gasteiger partial charge on any atom is 0.00704 e. The Hall–Kier alpha value is -0.340. The van der Waals surface area contributed by atoms with E-state index in [1.807, 2.05) is 11.3 Å². The Morgan fingerprint density at radius 3 is 2.61 bits per heavy atom. The Labute approximate surface area is 117 Å². The van der Waals surface area contributed by atoms with Crippen molar-refractivity contribution in [1.29, 1.82) is 0 Å². The molecule has 18 heavy (non-hydrogen) atoms. The molecule has 0 aromatic carbocycles. The standard InChI is InChI=1S/C16H29NS/c1-3-5-6-7-8-10-15(17-4-2)12-13-16-11-9-14-18-16/h9,11,14-15,17H,3-8,10,12-13H2,1-2H3. The maximum absolute atomic E-state index is 3.64. The van der Waals surface area contributed by atoms with Crippen LogP contribution in [0.4, 0.5) is 0 Å². The third kappa shape index (κ3) is 7.17. The number of rotatable bonds is 11. The third-order valence-electron chi connectivity index (χ3n) is 3.47. The summed E-state index contributed by atoms with van der Waals surface area (Å²) >= 11 is 1.89. The molecule has 1 atom stereocenters. The van der Waals surface area contributed by atoms with Gasteiger partial charge >= 0.3 is 0 Å². The van der Waals surface area contributed by atoms with Crippen molar-refractivity contribution in [3.8, 4) is 0 Å². The van der Waals surface area contributed by atoms with Crippen LogP contribution in [0.15, 0.2) is 17.5 Å². The Morgan fingerprint density at radius 1 is 1.11 bits per heavy atom. The van der Waals surface area contributed by atoms with E-state index in [2.05, 4.69) is 36.7 Å². The van der Waals surface area contributed by atoms with Gasteiger partial charge < -0.3 is 5.32 Å². The first-order chi connectivity index (χ1) is 8.86. The summed E-state index contributed by atoms with van der Waals surface area (Å²) < 4.78 is 0. The van der Waals surface area contributed by atoms with Crippen molar-refractivity contribution in [3.05, 3.63) is 22.4 Å². The van der Waals surface area contributed by atoms with E-state index in [9.17, 15) is 0 Å². The first kappa shape index (κ1) is 15.7. The molecule has 1 N–H and O–H groups in total. The summed E-state index contributed by atoms with van der Waals surface area (Å²) in [4.78, 5) is 1.53. The first-order valence-corrected chi connectivity index (χ1v) is 8.50. The fraction of sp³-hybridized carbons (Fsp3) is 0.750. The molecule has 2 heteroatoms. The minimum absolute atomic E-state index is 0.721. The van der Waals surface area contributed by atoms with Crippen molar-refractivity contribution in [2.75, 3.05) is 6.54 Å². The number of nitrogens with one attached hydrogen (secondary N) is 1. The molecular formula is C16H29NS. The van der Waals surface area contributed by atoms with Crippen molar-refractivity contribution in [3.63, 3.8) is 0 Å². The van der Waals surface area contributed by atoms with Gasteiger partial charge in [-0.2, -0.15) is 0 Å². The smallest absolute Gasteiger partial charge is 0.00704 e. The van der Waals surface area contributed by atoms with E-state index >= 15 is 0 Å². The summed E-state index contributed by atoms with van der Waals surface area (Å²) in [6, 6.07) is 5.14. The molecule has 1 aromatic rings. The molecule has 1 aromatic heterocycles. The number of unbranched alkanes of at least 4 members (excludes halogenated alkanes) is 4. The summed E-state index contributed by atoms with van der Waals surface area (Å²) in [7, 11) is 0. The normalized spacial score (nSPS) is 12.8. The number of hydrogen-bond donors (Lipinski definition) is 1. The van der Waals surface area contributed by atoms with Crippen LogP contribution in [0, 0.1) is 0 Å². The molecular weight excluding hydrogens is 238 g/mol. The van der Waals surface area contributed by atoms with Crippen LogP contribution in [0.3, 0.4) is 0 Å². The Bertz CT molecular complexity index is 269. The average Bonchev–Trinajstić information content (AvgIpc) is 2.88. The highest BCUT2D eigenvalue weighted by atomic mass is 32.1. The van der Waals surface area contributed by atoms with Gasteiger partial charge in [-0.05, 0) is 37.3 Å². The molecule has 1 nitrogen and oxygen atoms in total. The van der Waals surface area contributed by atoms with Gasteiger partial charge in [-0.3, -0.25) is 0 Å². The minimum atomic E-state index is 0.721. The van der Waals surface area contributed by atoms with Crippen LogP contribution in [0.25, 0.3) is 0 Å². The Morgan fingerprint density at radius 2 is 1.94 bits per heavy atom. The largest absolute Gasteiger partial charge is 0.314 e. The zero-order valence-electron chi connectivity index (χ0n) is 12.1. The molecule has 0 amide bonds. The van der Waals surface area contributed by atoms with Gasteiger partial charge in [0.2, 0.25) is 0 Å². The molecule has 0 bridgehead atoms. The van der Waals surface area contributed by atoms with Crippen LogP contribution >= 0.6 is 11.3 Å². The highest BCUT2D eigenvalue weighted by Gasteiger charge is 2.07. The monoisotopic (exact) mass is 267 g/mol. The number of thiophene rings is 1. The van der Waals surface area contributed by atoms with E-state index < -0.39 is 0 Å². The first-order valence-electron chi connectivity index (χ1n) is 7.62. The van der Waals surface area contributed by atoms with Gasteiger partial charge in [-0.25, -0.2) is 0 Å². The highest BCUT2D eigenvalue weighted by molar-refractivity contribution is 7.09. The van der Waals surface area contributed by atoms with E-state index in [0.717, 1.165) is 12.6 Å². The van der Waals surface area contributed by atoms with Crippen molar-refractivity contribution in [2.24, 2.45) is 0 Å². The van der Waals surface area contributed by atoms with E-state index in [1.54, 1.807) is 0 Å². The maximum atomic E-state index is 3.64. The number of aryl methyl sites for hydroxylation is 1. The zero-order valence-corrected chi connectivity index (χ0v) is 12.9. The lowest BCUT2D eigenvalue weighted by Crippen LogP contribution is -2.29. The minimum Gasteiger partial charge on any atom is -0.314 e. The van der Waals surface area contributed by atoms with Crippen molar-refractivity contribution >= 4 is 11.3 Å². The predicted octanol–water partition coefficient (Wildman–Crippen LogP) is 5.02. The van der Waals surface area contributed by atoms with Gasteiger partial charge in [0, 0.05) is 10.9 Å². The number of hydrogen-bond acceptors (Lipinski definition) is 2. The summed E-state index contributed by atoms with van der Waals surface area (Å²) in [5.74, 6) is 0. The Kier molecular flexibility index (Phi) is 9.23. The molecule has 0 aliphatic carbocycles. The lowest BCUT2D eigenvalue weighted by Gasteiger charge is -2.17. The van der Waals surface area contributed by atoms with E-state index in [1.165, 1.54) is 56.2 Å². The second-order valence-electron chi connectivity index (χ2n) is 5.08. The van der Waals surface area contributed by atoms with Crippen molar-refractivity contribution in [2.45, 2.75) is 71.3 Å². The molecule has 104 valence electrons. The lowest BCUT2D eigenvalue weighted by molar-refractivity contribution is 0.440. The summed E-state index contributed by atoms with van der Waals surface area (Å²) in [5, 5.41) is 5.82. The predicted molar refractivity (Wildman–Crippen MR) is 83.5 cm³/mol. The topological polar surface area (TPSA) is 12.0 Å². The summed E-state index contributed by atoms with van der Waals surface area (Å²) in [6.07, 6.45) is 10.8. The van der Waals surface area contributed by atoms with Crippen molar-refractivity contribution < 1.29 is 0 Å². The molecule has 0 radical (unpaired) electrons. The summed E-state index contributed by atoms with van der Waals surface area (Å²) in [6.45, 7) is 5.60. The van der Waals surface area contributed by atoms with Gasteiger partial charge in [0.05, 0.1) is 0 Å². The van der Waals surface area contributed by atoms with Gasteiger partial charge in [-0.15, -0.1) is 11.3 Å². The summed E-state index contributed by atoms with van der Waals surface area (Å²) in [5.41, 5.74) is 0. The van der Waals surface area contributed by atoms with Crippen LogP contribution < -0.4 is 5.32 Å². The van der Waals surface area contributed by atoms with Crippen LogP contribution in [-0.2, 0) is 6.42 Å².